The number of fused-ring (bicyclic) bond motifs is 1. The highest BCUT2D eigenvalue weighted by Gasteiger charge is 2.41. The highest BCUT2D eigenvalue weighted by Crippen LogP contribution is 2.23. The minimum absolute atomic E-state index is 0.00757. The molecule has 30 nitrogen and oxygen atoms in total. The van der Waals surface area contributed by atoms with Crippen molar-refractivity contribution in [3.8, 4) is 0 Å². The molecule has 1 aliphatic rings. The van der Waals surface area contributed by atoms with Crippen LogP contribution < -0.4 is 74.9 Å². The molecule has 14 amide bonds. The summed E-state index contributed by atoms with van der Waals surface area (Å²) in [7, 11) is 0. The molecule has 592 valence electrons. The fourth-order valence-electron chi connectivity index (χ4n) is 12.6. The average Bonchev–Trinajstić information content (AvgIpc) is 1.79. The molecule has 31 heteroatoms. The summed E-state index contributed by atoms with van der Waals surface area (Å²) < 4.78 is 0. The summed E-state index contributed by atoms with van der Waals surface area (Å²) in [6.45, 7) is 13.6. The highest BCUT2D eigenvalue weighted by atomic mass is 35.5. The summed E-state index contributed by atoms with van der Waals surface area (Å²) in [6.07, 6.45) is 1.85. The Morgan fingerprint density at radius 2 is 0.973 bits per heavy atom. The molecule has 1 aromatic heterocycles. The Hall–Kier alpha value is -11.7. The number of pyridine rings is 1. The van der Waals surface area contributed by atoms with Gasteiger partial charge < -0.3 is 79.8 Å². The first-order valence-corrected chi connectivity index (χ1v) is 37.4. The second kappa shape index (κ2) is 42.9. The third kappa shape index (κ3) is 28.4. The molecule has 1 unspecified atom stereocenters. The van der Waals surface area contributed by atoms with Crippen molar-refractivity contribution in [2.45, 2.75) is 193 Å². The quantitative estimate of drug-likeness (QED) is 0.0149. The molecule has 0 spiro atoms. The van der Waals surface area contributed by atoms with E-state index in [4.69, 9.17) is 17.3 Å². The predicted octanol–water partition coefficient (Wildman–Crippen LogP) is 3.12. The number of nitrogens with one attached hydrogen (secondary N) is 13. The average molecular weight is 1550 g/mol. The molecule has 7 rings (SSSR count). The van der Waals surface area contributed by atoms with Gasteiger partial charge in [0.15, 0.2) is 6.17 Å². The molecule has 6 aromatic rings. The molecule has 10 atom stereocenters. The van der Waals surface area contributed by atoms with Crippen molar-refractivity contribution in [3.63, 3.8) is 0 Å². The van der Waals surface area contributed by atoms with Gasteiger partial charge in [0, 0.05) is 94.3 Å². The number of aromatic nitrogens is 1. The molecule has 1 saturated heterocycles. The number of nitrogens with two attached hydrogens (primary N) is 1. The summed E-state index contributed by atoms with van der Waals surface area (Å²) in [5.41, 5.74) is 8.69. The zero-order valence-corrected chi connectivity index (χ0v) is 64.3. The Bertz CT molecular complexity index is 4250. The smallest absolute Gasteiger partial charge is 0.264 e. The second-order valence-corrected chi connectivity index (χ2v) is 28.8. The van der Waals surface area contributed by atoms with Gasteiger partial charge in [0.25, 0.3) is 5.91 Å². The van der Waals surface area contributed by atoms with Gasteiger partial charge in [-0.1, -0.05) is 124 Å². The number of unbranched alkanes of at least 4 members (excludes halogenated alkanes) is 1. The Morgan fingerprint density at radius 1 is 0.505 bits per heavy atom. The lowest BCUT2D eigenvalue weighted by Gasteiger charge is -2.31. The van der Waals surface area contributed by atoms with Crippen LogP contribution in [0.15, 0.2) is 140 Å². The molecule has 111 heavy (non-hydrogen) atoms. The zero-order chi connectivity index (χ0) is 80.8. The van der Waals surface area contributed by atoms with E-state index in [9.17, 15) is 57.5 Å². The van der Waals surface area contributed by atoms with Gasteiger partial charge in [-0.25, -0.2) is 0 Å². The van der Waals surface area contributed by atoms with Crippen LogP contribution >= 0.6 is 11.6 Å². The fourth-order valence-corrected chi connectivity index (χ4v) is 12.8. The maximum Gasteiger partial charge on any atom is 0.264 e. The van der Waals surface area contributed by atoms with Crippen LogP contribution in [0.4, 0.5) is 11.4 Å². The fraction of sp³-hybridized carbons (Fsp3) is 0.412. The van der Waals surface area contributed by atoms with E-state index in [2.05, 4.69) is 74.1 Å². The Balaban J connectivity index is 1.19. The lowest BCUT2D eigenvalue weighted by Crippen LogP contribution is -2.63. The van der Waals surface area contributed by atoms with Gasteiger partial charge in [0.1, 0.15) is 54.4 Å². The van der Waals surface area contributed by atoms with Crippen LogP contribution in [-0.2, 0) is 99.2 Å². The minimum Gasteiger partial charge on any atom is -0.368 e. The predicted molar refractivity (Wildman–Crippen MR) is 418 cm³/mol. The first-order chi connectivity index (χ1) is 52.9. The van der Waals surface area contributed by atoms with Crippen molar-refractivity contribution in [1.29, 1.82) is 0 Å². The number of carbonyl (C=O) groups excluding carboxylic acids is 14. The number of primary amides is 1. The van der Waals surface area contributed by atoms with Crippen molar-refractivity contribution in [3.05, 3.63) is 173 Å². The number of hydrogen-bond acceptors (Lipinski definition) is 16. The Labute approximate surface area is 650 Å². The van der Waals surface area contributed by atoms with Crippen LogP contribution in [0.1, 0.15) is 122 Å². The molecule has 0 saturated carbocycles. The van der Waals surface area contributed by atoms with E-state index >= 15 is 9.59 Å². The first kappa shape index (κ1) is 86.6. The van der Waals surface area contributed by atoms with Crippen molar-refractivity contribution >= 4 is 117 Å². The van der Waals surface area contributed by atoms with Crippen molar-refractivity contribution in [1.82, 2.24) is 68.4 Å². The number of nitrogens with zero attached hydrogens (tertiary/aromatic N) is 2. The summed E-state index contributed by atoms with van der Waals surface area (Å²) in [5.74, 6) is -10.1. The number of benzene rings is 5. The Morgan fingerprint density at radius 3 is 1.47 bits per heavy atom. The summed E-state index contributed by atoms with van der Waals surface area (Å²) in [6, 6.07) is 23.4. The van der Waals surface area contributed by atoms with Crippen LogP contribution in [0.3, 0.4) is 0 Å². The van der Waals surface area contributed by atoms with Crippen molar-refractivity contribution in [2.75, 3.05) is 23.7 Å². The van der Waals surface area contributed by atoms with Crippen LogP contribution in [0, 0.1) is 5.92 Å². The highest BCUT2D eigenvalue weighted by molar-refractivity contribution is 6.30. The monoisotopic (exact) mass is 1540 g/mol. The largest absolute Gasteiger partial charge is 0.368 e. The second-order valence-electron chi connectivity index (χ2n) is 28.3. The van der Waals surface area contributed by atoms with E-state index in [1.807, 2.05) is 56.3 Å². The number of anilines is 2. The number of rotatable bonds is 41. The molecule has 5 aromatic carbocycles. The number of halogens is 1. The first-order valence-electron chi connectivity index (χ1n) is 37.0. The minimum atomic E-state index is -2.01. The third-order valence-electron chi connectivity index (χ3n) is 18.3. The third-order valence-corrected chi connectivity index (χ3v) is 18.5. The van der Waals surface area contributed by atoms with E-state index < -0.39 is 126 Å². The van der Waals surface area contributed by atoms with Crippen molar-refractivity contribution < 1.29 is 67.1 Å². The molecule has 1 fully saturated rings. The van der Waals surface area contributed by atoms with Crippen LogP contribution in [0.25, 0.3) is 10.8 Å². The van der Waals surface area contributed by atoms with E-state index in [1.54, 1.807) is 86.6 Å². The van der Waals surface area contributed by atoms with Gasteiger partial charge in [-0.3, -0.25) is 72.1 Å². The molecule has 0 aliphatic carbocycles. The van der Waals surface area contributed by atoms with Gasteiger partial charge in [-0.05, 0) is 139 Å². The topological polar surface area (TPSA) is 438 Å². The molecule has 0 bridgehead atoms. The van der Waals surface area contributed by atoms with Gasteiger partial charge >= 0.3 is 0 Å². The molecular weight excluding hydrogens is 1440 g/mol. The number of likely N-dealkylation sites (tertiary alicyclic amines) is 1. The van der Waals surface area contributed by atoms with E-state index in [-0.39, 0.29) is 88.1 Å². The Kier molecular flexibility index (Phi) is 33.5. The normalized spacial score (nSPS) is 14.9. The lowest BCUT2D eigenvalue weighted by atomic mass is 9.99. The molecule has 1 aliphatic heterocycles. The molecule has 2 heterocycles. The van der Waals surface area contributed by atoms with Gasteiger partial charge in [-0.15, -0.1) is 0 Å². The lowest BCUT2D eigenvalue weighted by molar-refractivity contribution is -0.142. The van der Waals surface area contributed by atoms with E-state index in [1.165, 1.54) is 57.1 Å². The number of carbonyl (C=O) groups is 14. The van der Waals surface area contributed by atoms with E-state index in [0.717, 1.165) is 10.8 Å². The number of hydrogen-bond donors (Lipinski definition) is 14. The molecule has 0 radical (unpaired) electrons. The van der Waals surface area contributed by atoms with Crippen molar-refractivity contribution in [2.24, 2.45) is 11.7 Å². The van der Waals surface area contributed by atoms with Gasteiger partial charge in [-0.2, -0.15) is 0 Å². The standard InChI is InChI=1S/C80H101ClN16O14/c1-46(2)37-63(72(103)90-62(18-11-12-35-84-47(3)4)80(111)97-36-14-19-69(97)78(109)86-48(5)70(82)102)91-74(105)66(40-53-23-30-60(31-24-53)87-49(6)99)93-76(107)67(41-54-25-32-61(33-26-54)88-50(7)100)95-79(110)71(85-45-98)96-77(108)68(43-56-15-13-34-83-44-56)94-75(106)65(39-52-21-28-59(81)29-22-52)92-73(104)64(89-51(8)101)42-55-20-27-57-16-9-10-17-58(57)38-55/h9-10,13,15-17,20-34,38,44-48,62-69,71,84H,11-12,14,18-19,35-37,39-43H2,1-8H3,(H2,82,102)(H,85,98)(H,86,109)(H,87,99)(H,88,100)(H,89,101)(H,90,103)(H,91,105)(H,92,104)(H,93,107)(H,94,106)(H,95,110)(H,96,108)/t48-,62+,63+,64-,65-,66-,67+,68-,69+,71?/m1/s1. The van der Waals surface area contributed by atoms with E-state index in [0.29, 0.717) is 70.0 Å². The molecular formula is C80H101ClN16O14. The van der Waals surface area contributed by atoms with Crippen LogP contribution in [0.2, 0.25) is 5.02 Å². The molecule has 15 N–H and O–H groups in total. The summed E-state index contributed by atoms with van der Waals surface area (Å²) >= 11 is 6.26. The SMILES string of the molecule is CC(=O)Nc1ccc(C[C@H](NC(=O)C(NC=O)NC(=O)[C@@H](Cc2cccnc2)NC(=O)[C@@H](Cc2ccc(Cl)cc2)NC(=O)[C@@H](Cc2ccc3ccccc3c2)NC(C)=O)C(=O)N[C@H](Cc2ccc(NC(C)=O)cc2)C(=O)N[C@@H](CC(C)C)C(=O)N[C@@H](CCCCNC(C)C)C(=O)N2CCC[C@H]2C(=O)N[C@H](C)C(N)=O)cc1. The number of amides is 14. The van der Waals surface area contributed by atoms with Crippen LogP contribution in [0.5, 0.6) is 0 Å². The summed E-state index contributed by atoms with van der Waals surface area (Å²) in [5, 5.41) is 37.5. The summed E-state index contributed by atoms with van der Waals surface area (Å²) in [4.78, 5) is 200. The van der Waals surface area contributed by atoms with Crippen LogP contribution in [-0.4, -0.2) is 173 Å². The maximum absolute atomic E-state index is 15.4. The van der Waals surface area contributed by atoms with Gasteiger partial charge in [0.05, 0.1) is 0 Å². The zero-order valence-electron chi connectivity index (χ0n) is 63.5. The van der Waals surface area contributed by atoms with Gasteiger partial charge in [0.2, 0.25) is 77.3 Å². The maximum atomic E-state index is 15.4.